The second-order valence-corrected chi connectivity index (χ2v) is 6.05. The first-order valence-corrected chi connectivity index (χ1v) is 7.35. The van der Waals surface area contributed by atoms with Gasteiger partial charge in [-0.15, -0.1) is 0 Å². The van der Waals surface area contributed by atoms with Crippen LogP contribution >= 0.6 is 34.8 Å². The van der Waals surface area contributed by atoms with Crippen molar-refractivity contribution in [3.63, 3.8) is 0 Å². The molecule has 0 fully saturated rings. The Hall–Kier alpha value is -1.88. The number of fused-ring (bicyclic) bond motifs is 1. The van der Waals surface area contributed by atoms with Crippen LogP contribution in [0.4, 0.5) is 0 Å². The SMILES string of the molecule is N=C(N)c1cc2cc(-c3cc(Cl)cc(Cl)c3O)[nH]c2cc1Cl. The van der Waals surface area contributed by atoms with Gasteiger partial charge in [0.1, 0.15) is 11.6 Å². The Morgan fingerprint density at radius 3 is 2.45 bits per heavy atom. The summed E-state index contributed by atoms with van der Waals surface area (Å²) >= 11 is 18.0. The number of amidine groups is 1. The molecule has 0 bridgehead atoms. The number of rotatable bonds is 2. The van der Waals surface area contributed by atoms with Crippen LogP contribution in [0.5, 0.6) is 5.75 Å². The third kappa shape index (κ3) is 2.50. The fourth-order valence-corrected chi connectivity index (χ4v) is 3.04. The lowest BCUT2D eigenvalue weighted by Crippen LogP contribution is -2.11. The van der Waals surface area contributed by atoms with E-state index in [9.17, 15) is 5.11 Å². The second kappa shape index (κ2) is 5.39. The van der Waals surface area contributed by atoms with E-state index in [1.54, 1.807) is 24.3 Å². The molecule has 3 rings (SSSR count). The van der Waals surface area contributed by atoms with Crippen molar-refractivity contribution in [2.24, 2.45) is 5.73 Å². The van der Waals surface area contributed by atoms with Crippen LogP contribution in [0.3, 0.4) is 0 Å². The van der Waals surface area contributed by atoms with E-state index in [4.69, 9.17) is 45.9 Å². The van der Waals surface area contributed by atoms with Crippen molar-refractivity contribution in [1.29, 1.82) is 5.41 Å². The zero-order valence-corrected chi connectivity index (χ0v) is 13.3. The molecule has 4 nitrogen and oxygen atoms in total. The molecule has 0 aliphatic carbocycles. The number of aromatic hydroxyl groups is 1. The molecule has 0 saturated heterocycles. The Bertz CT molecular complexity index is 918. The monoisotopic (exact) mass is 353 g/mol. The molecule has 0 radical (unpaired) electrons. The predicted molar refractivity (Wildman–Crippen MR) is 91.4 cm³/mol. The van der Waals surface area contributed by atoms with E-state index in [2.05, 4.69) is 4.98 Å². The number of phenols is 1. The topological polar surface area (TPSA) is 85.9 Å². The second-order valence-electron chi connectivity index (χ2n) is 4.80. The fourth-order valence-electron chi connectivity index (χ4n) is 2.28. The molecule has 0 spiro atoms. The van der Waals surface area contributed by atoms with Crippen LogP contribution < -0.4 is 5.73 Å². The molecule has 0 unspecified atom stereocenters. The normalized spacial score (nSPS) is 11.0. The lowest BCUT2D eigenvalue weighted by Gasteiger charge is -2.05. The number of aromatic nitrogens is 1. The minimum absolute atomic E-state index is 0.0597. The first kappa shape index (κ1) is 15.0. The summed E-state index contributed by atoms with van der Waals surface area (Å²) in [6.07, 6.45) is 0. The highest BCUT2D eigenvalue weighted by Gasteiger charge is 2.14. The van der Waals surface area contributed by atoms with Crippen molar-refractivity contribution < 1.29 is 5.11 Å². The molecular weight excluding hydrogens is 345 g/mol. The number of benzene rings is 2. The third-order valence-electron chi connectivity index (χ3n) is 3.32. The molecule has 112 valence electrons. The molecule has 0 aliphatic heterocycles. The van der Waals surface area contributed by atoms with Crippen LogP contribution in [-0.2, 0) is 0 Å². The summed E-state index contributed by atoms with van der Waals surface area (Å²) in [5.74, 6) is -0.168. The van der Waals surface area contributed by atoms with Crippen molar-refractivity contribution in [3.05, 3.63) is 51.0 Å². The molecule has 0 aliphatic rings. The number of hydrogen-bond donors (Lipinski definition) is 4. The summed E-state index contributed by atoms with van der Waals surface area (Å²) in [5, 5.41) is 19.4. The summed E-state index contributed by atoms with van der Waals surface area (Å²) < 4.78 is 0. The van der Waals surface area contributed by atoms with Gasteiger partial charge in [0.15, 0.2) is 0 Å². The Kier molecular flexibility index (Phi) is 3.68. The summed E-state index contributed by atoms with van der Waals surface area (Å²) in [7, 11) is 0. The molecule has 0 atom stereocenters. The maximum Gasteiger partial charge on any atom is 0.143 e. The molecule has 5 N–H and O–H groups in total. The third-order valence-corrected chi connectivity index (χ3v) is 4.14. The number of phenolic OH excluding ortho intramolecular Hbond substituents is 1. The van der Waals surface area contributed by atoms with Crippen molar-refractivity contribution in [2.45, 2.75) is 0 Å². The van der Waals surface area contributed by atoms with Crippen LogP contribution in [0, 0.1) is 5.41 Å². The van der Waals surface area contributed by atoms with Crippen molar-refractivity contribution in [1.82, 2.24) is 4.98 Å². The lowest BCUT2D eigenvalue weighted by molar-refractivity contribution is 0.477. The van der Waals surface area contributed by atoms with Crippen molar-refractivity contribution in [2.75, 3.05) is 0 Å². The number of hydrogen-bond acceptors (Lipinski definition) is 2. The van der Waals surface area contributed by atoms with E-state index in [0.717, 1.165) is 10.9 Å². The van der Waals surface area contributed by atoms with E-state index < -0.39 is 0 Å². The number of nitrogens with two attached hydrogens (primary N) is 1. The Balaban J connectivity index is 2.23. The van der Waals surface area contributed by atoms with Gasteiger partial charge in [0.05, 0.1) is 15.7 Å². The van der Waals surface area contributed by atoms with Crippen LogP contribution in [0.15, 0.2) is 30.3 Å². The van der Waals surface area contributed by atoms with Crippen LogP contribution in [-0.4, -0.2) is 15.9 Å². The van der Waals surface area contributed by atoms with E-state index in [-0.39, 0.29) is 16.6 Å². The number of halogens is 3. The summed E-state index contributed by atoms with van der Waals surface area (Å²) in [6, 6.07) is 8.28. The molecule has 3 aromatic rings. The van der Waals surface area contributed by atoms with Gasteiger partial charge in [0.25, 0.3) is 0 Å². The van der Waals surface area contributed by atoms with Gasteiger partial charge >= 0.3 is 0 Å². The molecule has 0 amide bonds. The quantitative estimate of drug-likeness (QED) is 0.394. The number of aromatic amines is 1. The Morgan fingerprint density at radius 2 is 1.77 bits per heavy atom. The highest BCUT2D eigenvalue weighted by Crippen LogP contribution is 2.39. The fraction of sp³-hybridized carbons (Fsp3) is 0. The number of H-pyrrole nitrogens is 1. The maximum atomic E-state index is 10.1. The van der Waals surface area contributed by atoms with Crippen LogP contribution in [0.2, 0.25) is 15.1 Å². The van der Waals surface area contributed by atoms with E-state index in [1.807, 2.05) is 0 Å². The Labute approximate surface area is 140 Å². The maximum absolute atomic E-state index is 10.1. The van der Waals surface area contributed by atoms with Gasteiger partial charge in [0.2, 0.25) is 0 Å². The molecular formula is C15H10Cl3N3O. The molecule has 2 aromatic carbocycles. The van der Waals surface area contributed by atoms with Crippen LogP contribution in [0.1, 0.15) is 5.56 Å². The molecule has 22 heavy (non-hydrogen) atoms. The standard InChI is InChI=1S/C15H10Cl3N3O/c16-7-3-9(14(22)11(18)4-7)13-2-6-1-8(15(19)20)10(17)5-12(6)21-13/h1-5,21-22H,(H3,19,20). The first-order valence-electron chi connectivity index (χ1n) is 6.22. The molecule has 0 saturated carbocycles. The van der Waals surface area contributed by atoms with Crippen molar-refractivity contribution >= 4 is 51.5 Å². The molecule has 1 heterocycles. The summed E-state index contributed by atoms with van der Waals surface area (Å²) in [5.41, 5.74) is 7.82. The van der Waals surface area contributed by atoms with E-state index in [0.29, 0.717) is 26.9 Å². The lowest BCUT2D eigenvalue weighted by atomic mass is 10.1. The van der Waals surface area contributed by atoms with Gasteiger partial charge < -0.3 is 15.8 Å². The number of nitrogen functional groups attached to an aromatic ring is 1. The average molecular weight is 355 g/mol. The summed E-state index contributed by atoms with van der Waals surface area (Å²) in [6.45, 7) is 0. The van der Waals surface area contributed by atoms with Gasteiger partial charge in [-0.2, -0.15) is 0 Å². The highest BCUT2D eigenvalue weighted by atomic mass is 35.5. The predicted octanol–water partition coefficient (Wildman–Crippen LogP) is 4.78. The number of nitrogens with one attached hydrogen (secondary N) is 2. The van der Waals surface area contributed by atoms with Gasteiger partial charge in [-0.05, 0) is 30.3 Å². The van der Waals surface area contributed by atoms with E-state index in [1.165, 1.54) is 6.07 Å². The van der Waals surface area contributed by atoms with Gasteiger partial charge in [0, 0.05) is 27.1 Å². The van der Waals surface area contributed by atoms with Gasteiger partial charge in [-0.25, -0.2) is 0 Å². The highest BCUT2D eigenvalue weighted by molar-refractivity contribution is 6.36. The van der Waals surface area contributed by atoms with Gasteiger partial charge in [-0.3, -0.25) is 5.41 Å². The zero-order valence-electron chi connectivity index (χ0n) is 11.0. The van der Waals surface area contributed by atoms with Crippen LogP contribution in [0.25, 0.3) is 22.2 Å². The molecule has 1 aromatic heterocycles. The zero-order chi connectivity index (χ0) is 16.0. The average Bonchev–Trinajstić information content (AvgIpc) is 2.84. The van der Waals surface area contributed by atoms with E-state index >= 15 is 0 Å². The first-order chi connectivity index (χ1) is 10.4. The van der Waals surface area contributed by atoms with Gasteiger partial charge in [-0.1, -0.05) is 34.8 Å². The smallest absolute Gasteiger partial charge is 0.143 e. The van der Waals surface area contributed by atoms with Crippen molar-refractivity contribution in [3.8, 4) is 17.0 Å². The Morgan fingerprint density at radius 1 is 1.05 bits per heavy atom. The largest absolute Gasteiger partial charge is 0.506 e. The summed E-state index contributed by atoms with van der Waals surface area (Å²) in [4.78, 5) is 3.14. The minimum atomic E-state index is -0.108. The minimum Gasteiger partial charge on any atom is -0.506 e. The molecule has 7 heteroatoms.